The highest BCUT2D eigenvalue weighted by atomic mass is 35.5. The summed E-state index contributed by atoms with van der Waals surface area (Å²) in [6.45, 7) is 0.150. The van der Waals surface area contributed by atoms with Crippen LogP contribution in [0.2, 0.25) is 5.02 Å². The molecule has 2 heterocycles. The van der Waals surface area contributed by atoms with Gasteiger partial charge in [0.2, 0.25) is 17.7 Å². The highest BCUT2D eigenvalue weighted by Gasteiger charge is 2.61. The average Bonchev–Trinajstić information content (AvgIpc) is 3.54. The van der Waals surface area contributed by atoms with Crippen molar-refractivity contribution in [1.29, 1.82) is 0 Å². The Morgan fingerprint density at radius 3 is 1.86 bits per heavy atom. The number of carbonyl (C=O) groups is 4. The Labute approximate surface area is 252 Å². The maximum Gasteiger partial charge on any atom is 0.316 e. The molecular weight excluding hydrogens is 564 g/mol. The number of halogens is 1. The van der Waals surface area contributed by atoms with E-state index in [-0.39, 0.29) is 48.3 Å². The molecule has 0 aromatic heterocycles. The number of imide groups is 1. The highest BCUT2D eigenvalue weighted by molar-refractivity contribution is 6.34. The lowest BCUT2D eigenvalue weighted by Gasteiger charge is -2.45. The minimum atomic E-state index is -0.682. The van der Waals surface area contributed by atoms with Gasteiger partial charge in [-0.2, -0.15) is 0 Å². The van der Waals surface area contributed by atoms with Gasteiger partial charge in [-0.1, -0.05) is 78.3 Å². The summed E-state index contributed by atoms with van der Waals surface area (Å²) in [6.07, 6.45) is 0.0000988. The number of nitrogens with zero attached hydrogens (tertiary/aromatic N) is 2. The van der Waals surface area contributed by atoms with Crippen LogP contribution >= 0.6 is 11.6 Å². The number of para-hydroxylation sites is 1. The summed E-state index contributed by atoms with van der Waals surface area (Å²) in [5, 5.41) is 0.428. The van der Waals surface area contributed by atoms with Crippen molar-refractivity contribution in [2.24, 2.45) is 17.8 Å². The minimum Gasteiger partial charge on any atom is -0.426 e. The second-order valence-electron chi connectivity index (χ2n) is 11.6. The van der Waals surface area contributed by atoms with Gasteiger partial charge >= 0.3 is 5.97 Å². The van der Waals surface area contributed by atoms with Crippen LogP contribution in [-0.2, 0) is 19.2 Å². The Balaban J connectivity index is 1.06. The number of amides is 3. The molecule has 0 N–H and O–H groups in total. The monoisotopic (exact) mass is 588 g/mol. The number of carbonyl (C=O) groups excluding carboxylic acids is 4. The zero-order valence-electron chi connectivity index (χ0n) is 22.9. The molecule has 2 saturated heterocycles. The summed E-state index contributed by atoms with van der Waals surface area (Å²) in [5.74, 6) is -3.15. The fourth-order valence-electron chi connectivity index (χ4n) is 7.59. The number of benzene rings is 4. The van der Waals surface area contributed by atoms with Gasteiger partial charge in [0.05, 0.1) is 34.2 Å². The van der Waals surface area contributed by atoms with E-state index in [0.29, 0.717) is 16.4 Å². The summed E-state index contributed by atoms with van der Waals surface area (Å²) in [4.78, 5) is 56.8. The van der Waals surface area contributed by atoms with Crippen LogP contribution in [0.3, 0.4) is 0 Å². The first-order chi connectivity index (χ1) is 20.9. The predicted molar refractivity (Wildman–Crippen MR) is 160 cm³/mol. The average molecular weight is 589 g/mol. The molecule has 0 radical (unpaired) electrons. The molecule has 7 nitrogen and oxygen atoms in total. The van der Waals surface area contributed by atoms with E-state index in [4.69, 9.17) is 16.3 Å². The summed E-state index contributed by atoms with van der Waals surface area (Å²) in [5.41, 5.74) is 5.34. The van der Waals surface area contributed by atoms with Gasteiger partial charge in [-0.15, -0.1) is 0 Å². The van der Waals surface area contributed by atoms with Gasteiger partial charge in [0.1, 0.15) is 5.75 Å². The number of esters is 1. The van der Waals surface area contributed by atoms with Crippen molar-refractivity contribution in [2.45, 2.75) is 18.3 Å². The Bertz CT molecular complexity index is 1750. The molecule has 9 rings (SSSR count). The van der Waals surface area contributed by atoms with Gasteiger partial charge in [-0.25, -0.2) is 4.90 Å². The third kappa shape index (κ3) is 3.81. The molecule has 8 heteroatoms. The van der Waals surface area contributed by atoms with Crippen molar-refractivity contribution in [3.8, 4) is 5.75 Å². The van der Waals surface area contributed by atoms with E-state index in [0.717, 1.165) is 22.3 Å². The molecule has 3 amide bonds. The fourth-order valence-corrected chi connectivity index (χ4v) is 7.82. The van der Waals surface area contributed by atoms with Gasteiger partial charge in [0.15, 0.2) is 0 Å². The topological polar surface area (TPSA) is 84.0 Å². The second-order valence-corrected chi connectivity index (χ2v) is 12.0. The van der Waals surface area contributed by atoms with Crippen LogP contribution in [0.25, 0.3) is 0 Å². The third-order valence-corrected chi connectivity index (χ3v) is 9.66. The predicted octanol–water partition coefficient (Wildman–Crippen LogP) is 5.70. The standard InChI is InChI=1S/C35H25ClN2O5/c36-26-14-5-6-15-27(26)37-18-19(16-28(37)39)35(42)43-21-9-7-8-20(17-21)38-33(40)31-29-22-10-1-2-11-23(22)30(32(31)34(38)41)25-13-4-3-12-24(25)29/h1-15,17,19,29-32H,16,18H2/t19-,29?,30?,31+,32+/m0/s1. The van der Waals surface area contributed by atoms with E-state index >= 15 is 0 Å². The SMILES string of the molecule is O=C(Oc1cccc(N2C(=O)[C@@H]3C4c5ccccc5C(c5ccccc54)[C@H]3C2=O)c1)[C@H]1CC(=O)N(c2ccccc2Cl)C1. The van der Waals surface area contributed by atoms with Crippen LogP contribution in [0, 0.1) is 17.8 Å². The van der Waals surface area contributed by atoms with Crippen LogP contribution in [0.5, 0.6) is 5.75 Å². The Morgan fingerprint density at radius 2 is 1.28 bits per heavy atom. The molecule has 43 heavy (non-hydrogen) atoms. The van der Waals surface area contributed by atoms with E-state index < -0.39 is 23.7 Å². The van der Waals surface area contributed by atoms with Crippen LogP contribution in [0.1, 0.15) is 40.5 Å². The van der Waals surface area contributed by atoms with Crippen molar-refractivity contribution in [3.63, 3.8) is 0 Å². The van der Waals surface area contributed by atoms with Gasteiger partial charge in [0, 0.05) is 30.9 Å². The highest BCUT2D eigenvalue weighted by Crippen LogP contribution is 2.61. The summed E-state index contributed by atoms with van der Waals surface area (Å²) >= 11 is 6.28. The Kier molecular flexibility index (Phi) is 5.81. The Morgan fingerprint density at radius 1 is 0.721 bits per heavy atom. The first kappa shape index (κ1) is 25.9. The van der Waals surface area contributed by atoms with Crippen LogP contribution < -0.4 is 14.5 Å². The fraction of sp³-hybridized carbons (Fsp3) is 0.200. The Hall–Kier alpha value is -4.75. The van der Waals surface area contributed by atoms with Crippen molar-refractivity contribution in [2.75, 3.05) is 16.3 Å². The zero-order chi connectivity index (χ0) is 29.4. The number of ether oxygens (including phenoxy) is 1. The molecule has 4 aromatic rings. The zero-order valence-corrected chi connectivity index (χ0v) is 23.6. The lowest BCUT2D eigenvalue weighted by Crippen LogP contribution is -2.41. The van der Waals surface area contributed by atoms with Crippen LogP contribution in [-0.4, -0.2) is 30.2 Å². The van der Waals surface area contributed by atoms with Crippen molar-refractivity contribution < 1.29 is 23.9 Å². The van der Waals surface area contributed by atoms with Crippen LogP contribution in [0.4, 0.5) is 11.4 Å². The number of hydrogen-bond donors (Lipinski definition) is 0. The van der Waals surface area contributed by atoms with Gasteiger partial charge < -0.3 is 9.64 Å². The summed E-state index contributed by atoms with van der Waals surface area (Å²) in [6, 6.07) is 29.7. The lowest BCUT2D eigenvalue weighted by molar-refractivity contribution is -0.139. The number of anilines is 2. The van der Waals surface area contributed by atoms with Crippen molar-refractivity contribution in [1.82, 2.24) is 0 Å². The second kappa shape index (κ2) is 9.64. The smallest absolute Gasteiger partial charge is 0.316 e. The number of hydrogen-bond acceptors (Lipinski definition) is 5. The molecular formula is C35H25ClN2O5. The van der Waals surface area contributed by atoms with E-state index in [9.17, 15) is 19.2 Å². The van der Waals surface area contributed by atoms with Gasteiger partial charge in [-0.3, -0.25) is 19.2 Å². The molecule has 3 atom stereocenters. The molecule has 212 valence electrons. The largest absolute Gasteiger partial charge is 0.426 e. The van der Waals surface area contributed by atoms with E-state index in [1.807, 2.05) is 24.3 Å². The van der Waals surface area contributed by atoms with Gasteiger partial charge in [0.25, 0.3) is 0 Å². The summed E-state index contributed by atoms with van der Waals surface area (Å²) < 4.78 is 5.71. The van der Waals surface area contributed by atoms with Gasteiger partial charge in [-0.05, 0) is 46.5 Å². The molecule has 0 spiro atoms. The number of rotatable bonds is 4. The lowest BCUT2D eigenvalue weighted by atomic mass is 9.55. The molecule has 5 aliphatic rings. The molecule has 3 aliphatic carbocycles. The first-order valence-electron chi connectivity index (χ1n) is 14.3. The maximum atomic E-state index is 14.1. The normalized spacial score (nSPS) is 25.0. The molecule has 2 aliphatic heterocycles. The maximum absolute atomic E-state index is 14.1. The molecule has 4 aromatic carbocycles. The quantitative estimate of drug-likeness (QED) is 0.174. The molecule has 0 unspecified atom stereocenters. The molecule has 2 fully saturated rings. The summed E-state index contributed by atoms with van der Waals surface area (Å²) in [7, 11) is 0. The van der Waals surface area contributed by atoms with Crippen LogP contribution in [0.15, 0.2) is 97.1 Å². The minimum absolute atomic E-state index is 0.0000988. The van der Waals surface area contributed by atoms with E-state index in [1.165, 1.54) is 9.80 Å². The van der Waals surface area contributed by atoms with Crippen molar-refractivity contribution >= 4 is 46.7 Å². The van der Waals surface area contributed by atoms with E-state index in [1.54, 1.807) is 48.5 Å². The first-order valence-corrected chi connectivity index (χ1v) is 14.7. The third-order valence-electron chi connectivity index (χ3n) is 9.34. The van der Waals surface area contributed by atoms with Crippen molar-refractivity contribution in [3.05, 3.63) is 124 Å². The van der Waals surface area contributed by atoms with E-state index in [2.05, 4.69) is 24.3 Å². The molecule has 2 bridgehead atoms. The molecule has 0 saturated carbocycles.